The van der Waals surface area contributed by atoms with Crippen LogP contribution in [-0.2, 0) is 11.3 Å². The third kappa shape index (κ3) is 3.59. The van der Waals surface area contributed by atoms with Crippen LogP contribution in [0, 0.1) is 52.1 Å². The van der Waals surface area contributed by atoms with Gasteiger partial charge in [-0.05, 0) is 99.2 Å². The molecular formula is C28H37F2N3O2. The van der Waals surface area contributed by atoms with Crippen molar-refractivity contribution in [3.63, 3.8) is 0 Å². The van der Waals surface area contributed by atoms with Gasteiger partial charge in [-0.3, -0.25) is 4.79 Å². The van der Waals surface area contributed by atoms with Crippen LogP contribution in [0.4, 0.5) is 8.78 Å². The van der Waals surface area contributed by atoms with Gasteiger partial charge in [-0.15, -0.1) is 0 Å². The SMILES string of the molecule is C[C@@]1(O)CC[C@@]2(C)[C@H](CC[C@@H]3[C@@H]2CC[C@]2(C)[C@@H](C(=O)Cn4nc5cc(F)c(F)cc5n4)CC[C@@H]32)C1. The summed E-state index contributed by atoms with van der Waals surface area (Å²) >= 11 is 0. The number of Topliss-reactive ketones (excluding diaryl/α,β-unsaturated/α-hetero) is 1. The van der Waals surface area contributed by atoms with Crippen LogP contribution < -0.4 is 0 Å². The Balaban J connectivity index is 1.20. The first-order chi connectivity index (χ1) is 16.5. The minimum atomic E-state index is -0.955. The molecule has 8 atom stereocenters. The molecule has 6 rings (SSSR count). The van der Waals surface area contributed by atoms with Crippen molar-refractivity contribution in [2.75, 3.05) is 0 Å². The molecule has 190 valence electrons. The van der Waals surface area contributed by atoms with Gasteiger partial charge < -0.3 is 5.11 Å². The molecule has 0 saturated heterocycles. The molecule has 0 unspecified atom stereocenters. The molecule has 4 saturated carbocycles. The van der Waals surface area contributed by atoms with Crippen LogP contribution >= 0.6 is 0 Å². The lowest BCUT2D eigenvalue weighted by molar-refractivity contribution is -0.151. The summed E-state index contributed by atoms with van der Waals surface area (Å²) in [6.07, 6.45) is 9.57. The Morgan fingerprint density at radius 3 is 2.29 bits per heavy atom. The molecule has 4 aliphatic rings. The van der Waals surface area contributed by atoms with Gasteiger partial charge in [0.25, 0.3) is 0 Å². The van der Waals surface area contributed by atoms with Crippen molar-refractivity contribution < 1.29 is 18.7 Å². The maximum absolute atomic E-state index is 13.6. The fraction of sp³-hybridized carbons (Fsp3) is 0.750. The topological polar surface area (TPSA) is 68.0 Å². The molecule has 2 aromatic rings. The van der Waals surface area contributed by atoms with Crippen LogP contribution in [0.3, 0.4) is 0 Å². The van der Waals surface area contributed by atoms with Crippen LogP contribution in [0.5, 0.6) is 0 Å². The van der Waals surface area contributed by atoms with E-state index in [1.807, 2.05) is 6.92 Å². The van der Waals surface area contributed by atoms with Gasteiger partial charge in [0, 0.05) is 18.1 Å². The molecule has 35 heavy (non-hydrogen) atoms. The molecule has 5 nitrogen and oxygen atoms in total. The maximum atomic E-state index is 13.6. The Hall–Kier alpha value is -1.89. The van der Waals surface area contributed by atoms with Gasteiger partial charge in [-0.1, -0.05) is 13.8 Å². The molecule has 4 fully saturated rings. The molecule has 0 aliphatic heterocycles. The minimum Gasteiger partial charge on any atom is -0.390 e. The van der Waals surface area contributed by atoms with Gasteiger partial charge >= 0.3 is 0 Å². The van der Waals surface area contributed by atoms with Crippen molar-refractivity contribution in [3.05, 3.63) is 23.8 Å². The van der Waals surface area contributed by atoms with Gasteiger partial charge in [-0.2, -0.15) is 15.0 Å². The quantitative estimate of drug-likeness (QED) is 0.607. The summed E-state index contributed by atoms with van der Waals surface area (Å²) in [6, 6.07) is 2.07. The van der Waals surface area contributed by atoms with Crippen LogP contribution in [0.2, 0.25) is 0 Å². The van der Waals surface area contributed by atoms with Crippen molar-refractivity contribution in [1.82, 2.24) is 15.0 Å². The third-order valence-electron chi connectivity index (χ3n) is 11.1. The number of carbonyl (C=O) groups excluding carboxylic acids is 1. The predicted molar refractivity (Wildman–Crippen MR) is 128 cm³/mol. The molecule has 1 heterocycles. The first kappa shape index (κ1) is 23.5. The van der Waals surface area contributed by atoms with Gasteiger partial charge in [0.05, 0.1) is 5.60 Å². The van der Waals surface area contributed by atoms with E-state index < -0.39 is 17.2 Å². The fourth-order valence-electron chi connectivity index (χ4n) is 9.24. The zero-order valence-corrected chi connectivity index (χ0v) is 21.1. The largest absolute Gasteiger partial charge is 0.390 e. The molecule has 7 heteroatoms. The number of rotatable bonds is 3. The Morgan fingerprint density at radius 2 is 1.60 bits per heavy atom. The first-order valence-electron chi connectivity index (χ1n) is 13.5. The smallest absolute Gasteiger partial charge is 0.161 e. The van der Waals surface area contributed by atoms with Crippen molar-refractivity contribution in [1.29, 1.82) is 0 Å². The van der Waals surface area contributed by atoms with E-state index >= 15 is 0 Å². The maximum Gasteiger partial charge on any atom is 0.161 e. The van der Waals surface area contributed by atoms with Crippen LogP contribution in [0.15, 0.2) is 12.1 Å². The van der Waals surface area contributed by atoms with E-state index in [1.54, 1.807) is 0 Å². The highest BCUT2D eigenvalue weighted by molar-refractivity contribution is 5.82. The second-order valence-corrected chi connectivity index (χ2v) is 13.0. The summed E-state index contributed by atoms with van der Waals surface area (Å²) < 4.78 is 27.2. The number of carbonyl (C=O) groups is 1. The van der Waals surface area contributed by atoms with Crippen molar-refractivity contribution in [2.45, 2.75) is 90.7 Å². The molecule has 0 spiro atoms. The van der Waals surface area contributed by atoms with Crippen molar-refractivity contribution in [2.24, 2.45) is 40.4 Å². The lowest BCUT2D eigenvalue weighted by atomic mass is 9.44. The van der Waals surface area contributed by atoms with E-state index in [9.17, 15) is 18.7 Å². The Bertz CT molecular complexity index is 1140. The number of aromatic nitrogens is 3. The summed E-state index contributed by atoms with van der Waals surface area (Å²) in [6.45, 7) is 6.88. The molecule has 0 bridgehead atoms. The van der Waals surface area contributed by atoms with E-state index in [-0.39, 0.29) is 34.7 Å². The van der Waals surface area contributed by atoms with E-state index in [1.165, 1.54) is 24.1 Å². The van der Waals surface area contributed by atoms with E-state index in [4.69, 9.17) is 0 Å². The second-order valence-electron chi connectivity index (χ2n) is 13.0. The number of hydrogen-bond acceptors (Lipinski definition) is 4. The molecule has 1 aromatic heterocycles. The van der Waals surface area contributed by atoms with Crippen LogP contribution in [-0.4, -0.2) is 31.5 Å². The summed E-state index contributed by atoms with van der Waals surface area (Å²) in [7, 11) is 0. The summed E-state index contributed by atoms with van der Waals surface area (Å²) in [4.78, 5) is 14.8. The number of ketones is 1. The lowest BCUT2D eigenvalue weighted by Crippen LogP contribution is -2.55. The number of hydrogen-bond donors (Lipinski definition) is 1. The highest BCUT2D eigenvalue weighted by Crippen LogP contribution is 2.68. The molecule has 1 aromatic carbocycles. The average Bonchev–Trinajstić information content (AvgIpc) is 3.34. The third-order valence-corrected chi connectivity index (χ3v) is 11.1. The molecular weight excluding hydrogens is 448 g/mol. The second kappa shape index (κ2) is 7.80. The van der Waals surface area contributed by atoms with Gasteiger partial charge in [-0.25, -0.2) is 8.78 Å². The zero-order valence-electron chi connectivity index (χ0n) is 21.1. The van der Waals surface area contributed by atoms with Gasteiger partial charge in [0.2, 0.25) is 0 Å². The normalized spacial score (nSPS) is 43.0. The van der Waals surface area contributed by atoms with Crippen molar-refractivity contribution >= 4 is 16.8 Å². The van der Waals surface area contributed by atoms with Crippen molar-refractivity contribution in [3.8, 4) is 0 Å². The first-order valence-corrected chi connectivity index (χ1v) is 13.5. The Kier molecular flexibility index (Phi) is 5.24. The van der Waals surface area contributed by atoms with Gasteiger partial charge in [0.1, 0.15) is 17.6 Å². The molecule has 4 aliphatic carbocycles. The Labute approximate surface area is 205 Å². The van der Waals surface area contributed by atoms with E-state index in [0.29, 0.717) is 29.1 Å². The number of fused-ring (bicyclic) bond motifs is 6. The monoisotopic (exact) mass is 485 g/mol. The fourth-order valence-corrected chi connectivity index (χ4v) is 9.24. The van der Waals surface area contributed by atoms with E-state index in [2.05, 4.69) is 24.0 Å². The number of aliphatic hydroxyl groups is 1. The molecule has 0 radical (unpaired) electrons. The standard InChI is InChI=1S/C28H37F2N3O2/c1-26(35)10-11-27(2)16(14-26)4-5-17-18-6-7-20(28(18,3)9-8-19(17)27)25(34)15-33-31-23-12-21(29)22(30)13-24(23)32-33/h12-13,16-20,35H,4-11,14-15H2,1-3H3/t16-,17+,18+,19+,20-,26-,27+,28+/m1/s1. The predicted octanol–water partition coefficient (Wildman–Crippen LogP) is 5.69. The summed E-state index contributed by atoms with van der Waals surface area (Å²) in [5, 5.41) is 19.2. The van der Waals surface area contributed by atoms with Crippen LogP contribution in [0.1, 0.15) is 78.6 Å². The zero-order chi connectivity index (χ0) is 24.8. The number of nitrogens with zero attached hydrogens (tertiary/aromatic N) is 3. The lowest BCUT2D eigenvalue weighted by Gasteiger charge is -2.61. The minimum absolute atomic E-state index is 0.00754. The molecule has 0 amide bonds. The Morgan fingerprint density at radius 1 is 0.943 bits per heavy atom. The van der Waals surface area contributed by atoms with E-state index in [0.717, 1.165) is 50.7 Å². The number of benzene rings is 1. The van der Waals surface area contributed by atoms with Crippen LogP contribution in [0.25, 0.3) is 11.0 Å². The summed E-state index contributed by atoms with van der Waals surface area (Å²) in [5.74, 6) is 0.720. The average molecular weight is 486 g/mol. The number of halogens is 2. The summed E-state index contributed by atoms with van der Waals surface area (Å²) in [5.41, 5.74) is 0.312. The van der Waals surface area contributed by atoms with Gasteiger partial charge in [0.15, 0.2) is 17.4 Å². The molecule has 1 N–H and O–H groups in total. The highest BCUT2D eigenvalue weighted by atomic mass is 19.2. The highest BCUT2D eigenvalue weighted by Gasteiger charge is 2.61.